The van der Waals surface area contributed by atoms with Crippen molar-refractivity contribution in [3.05, 3.63) is 23.9 Å². The maximum atomic E-state index is 5.03. The number of aromatic nitrogens is 1. The summed E-state index contributed by atoms with van der Waals surface area (Å²) in [7, 11) is 1.64. The van der Waals surface area contributed by atoms with Crippen LogP contribution in [0.25, 0.3) is 0 Å². The van der Waals surface area contributed by atoms with E-state index in [1.807, 2.05) is 12.3 Å². The average molecular weight is 235 g/mol. The molecule has 1 saturated heterocycles. The van der Waals surface area contributed by atoms with E-state index in [0.717, 1.165) is 25.6 Å². The Morgan fingerprint density at radius 2 is 2.47 bits per heavy atom. The second-order valence-electron chi connectivity index (χ2n) is 4.55. The summed E-state index contributed by atoms with van der Waals surface area (Å²) in [6.45, 7) is 4.29. The van der Waals surface area contributed by atoms with Gasteiger partial charge in [-0.3, -0.25) is 0 Å². The van der Waals surface area contributed by atoms with Gasteiger partial charge in [-0.1, -0.05) is 6.07 Å². The second-order valence-corrected chi connectivity index (χ2v) is 4.55. The van der Waals surface area contributed by atoms with Gasteiger partial charge in [-0.25, -0.2) is 4.98 Å². The van der Waals surface area contributed by atoms with Crippen LogP contribution in [0.4, 0.5) is 0 Å². The van der Waals surface area contributed by atoms with Crippen LogP contribution in [0.3, 0.4) is 0 Å². The number of methoxy groups -OCH3 is 1. The highest BCUT2D eigenvalue weighted by atomic mass is 16.5. The van der Waals surface area contributed by atoms with Crippen LogP contribution < -0.4 is 15.4 Å². The number of piperidine rings is 1. The van der Waals surface area contributed by atoms with E-state index in [9.17, 15) is 0 Å². The maximum Gasteiger partial charge on any atom is 0.212 e. The molecule has 1 fully saturated rings. The molecule has 4 nitrogen and oxygen atoms in total. The topological polar surface area (TPSA) is 46.2 Å². The molecule has 1 aliphatic rings. The fraction of sp³-hybridized carbons (Fsp3) is 0.615. The first kappa shape index (κ1) is 12.3. The highest BCUT2D eigenvalue weighted by molar-refractivity contribution is 5.17. The molecule has 0 unspecified atom stereocenters. The largest absolute Gasteiger partial charge is 0.481 e. The SMILES string of the molecule is COc1ccc(CNC[C@H]2CCCNC2)cn1. The molecule has 0 aliphatic carbocycles. The van der Waals surface area contributed by atoms with Gasteiger partial charge in [-0.2, -0.15) is 0 Å². The highest BCUT2D eigenvalue weighted by Gasteiger charge is 2.11. The summed E-state index contributed by atoms with van der Waals surface area (Å²) in [5.74, 6) is 1.44. The van der Waals surface area contributed by atoms with Gasteiger partial charge in [-0.05, 0) is 44.0 Å². The molecule has 2 N–H and O–H groups in total. The Morgan fingerprint density at radius 1 is 1.53 bits per heavy atom. The first-order chi connectivity index (χ1) is 8.38. The first-order valence-corrected chi connectivity index (χ1v) is 6.29. The van der Waals surface area contributed by atoms with Gasteiger partial charge in [0.05, 0.1) is 7.11 Å². The van der Waals surface area contributed by atoms with Gasteiger partial charge < -0.3 is 15.4 Å². The van der Waals surface area contributed by atoms with E-state index in [1.165, 1.54) is 24.9 Å². The Labute approximate surface area is 103 Å². The second kappa shape index (κ2) is 6.57. The summed E-state index contributed by atoms with van der Waals surface area (Å²) in [5, 5.41) is 6.92. The van der Waals surface area contributed by atoms with Crippen LogP contribution in [0.15, 0.2) is 18.3 Å². The van der Waals surface area contributed by atoms with Gasteiger partial charge in [0.15, 0.2) is 0 Å². The van der Waals surface area contributed by atoms with Gasteiger partial charge in [-0.15, -0.1) is 0 Å². The molecule has 1 atom stereocenters. The molecular weight excluding hydrogens is 214 g/mol. The molecule has 1 aromatic rings. The van der Waals surface area contributed by atoms with Crippen molar-refractivity contribution in [1.82, 2.24) is 15.6 Å². The molecule has 1 aromatic heterocycles. The van der Waals surface area contributed by atoms with Crippen molar-refractivity contribution in [2.75, 3.05) is 26.7 Å². The minimum Gasteiger partial charge on any atom is -0.481 e. The van der Waals surface area contributed by atoms with Crippen molar-refractivity contribution < 1.29 is 4.74 Å². The number of rotatable bonds is 5. The fourth-order valence-electron chi connectivity index (χ4n) is 2.16. The smallest absolute Gasteiger partial charge is 0.212 e. The lowest BCUT2D eigenvalue weighted by atomic mass is 10.00. The predicted molar refractivity (Wildman–Crippen MR) is 68.1 cm³/mol. The van der Waals surface area contributed by atoms with E-state index in [2.05, 4.69) is 21.7 Å². The molecule has 0 radical (unpaired) electrons. The number of nitrogens with zero attached hydrogens (tertiary/aromatic N) is 1. The van der Waals surface area contributed by atoms with Crippen LogP contribution in [0.1, 0.15) is 18.4 Å². The van der Waals surface area contributed by atoms with Crippen molar-refractivity contribution in [3.8, 4) is 5.88 Å². The van der Waals surface area contributed by atoms with Crippen molar-refractivity contribution >= 4 is 0 Å². The minimum absolute atomic E-state index is 0.672. The lowest BCUT2D eigenvalue weighted by molar-refractivity contribution is 0.359. The van der Waals surface area contributed by atoms with E-state index in [0.29, 0.717) is 5.88 Å². The summed E-state index contributed by atoms with van der Waals surface area (Å²) >= 11 is 0. The van der Waals surface area contributed by atoms with Gasteiger partial charge in [0.25, 0.3) is 0 Å². The standard InChI is InChI=1S/C13H21N3O/c1-17-13-5-4-12(10-16-13)9-15-8-11-3-2-6-14-7-11/h4-5,10-11,14-15H,2-3,6-9H2,1H3/t11-/m0/s1. The molecule has 0 bridgehead atoms. The van der Waals surface area contributed by atoms with E-state index in [4.69, 9.17) is 4.74 Å². The summed E-state index contributed by atoms with van der Waals surface area (Å²) in [5.41, 5.74) is 1.20. The molecule has 0 saturated carbocycles. The fourth-order valence-corrected chi connectivity index (χ4v) is 2.16. The molecule has 94 valence electrons. The number of nitrogens with one attached hydrogen (secondary N) is 2. The molecule has 4 heteroatoms. The van der Waals surface area contributed by atoms with Crippen LogP contribution in [0.5, 0.6) is 5.88 Å². The van der Waals surface area contributed by atoms with Crippen LogP contribution >= 0.6 is 0 Å². The van der Waals surface area contributed by atoms with Crippen molar-refractivity contribution in [2.45, 2.75) is 19.4 Å². The number of hydrogen-bond acceptors (Lipinski definition) is 4. The molecule has 17 heavy (non-hydrogen) atoms. The third-order valence-electron chi connectivity index (χ3n) is 3.17. The van der Waals surface area contributed by atoms with E-state index >= 15 is 0 Å². The molecule has 0 amide bonds. The monoisotopic (exact) mass is 235 g/mol. The van der Waals surface area contributed by atoms with Crippen LogP contribution in [-0.2, 0) is 6.54 Å². The van der Waals surface area contributed by atoms with E-state index < -0.39 is 0 Å². The van der Waals surface area contributed by atoms with Crippen LogP contribution in [0, 0.1) is 5.92 Å². The Balaban J connectivity index is 1.69. The zero-order valence-corrected chi connectivity index (χ0v) is 10.4. The Bertz CT molecular complexity index is 320. The van der Waals surface area contributed by atoms with Gasteiger partial charge in [0.1, 0.15) is 0 Å². The van der Waals surface area contributed by atoms with Gasteiger partial charge in [0.2, 0.25) is 5.88 Å². The molecule has 1 aliphatic heterocycles. The maximum absolute atomic E-state index is 5.03. The quantitative estimate of drug-likeness (QED) is 0.804. The summed E-state index contributed by atoms with van der Waals surface area (Å²) in [6.07, 6.45) is 4.50. The molecule has 2 rings (SSSR count). The molecule has 0 spiro atoms. The van der Waals surface area contributed by atoms with E-state index in [1.54, 1.807) is 7.11 Å². The summed E-state index contributed by atoms with van der Waals surface area (Å²) in [6, 6.07) is 3.96. The minimum atomic E-state index is 0.672. The van der Waals surface area contributed by atoms with Gasteiger partial charge >= 0.3 is 0 Å². The van der Waals surface area contributed by atoms with Crippen molar-refractivity contribution in [1.29, 1.82) is 0 Å². The van der Waals surface area contributed by atoms with Crippen LogP contribution in [0.2, 0.25) is 0 Å². The molecular formula is C13H21N3O. The third kappa shape index (κ3) is 3.98. The summed E-state index contributed by atoms with van der Waals surface area (Å²) < 4.78 is 5.03. The average Bonchev–Trinajstić information content (AvgIpc) is 2.41. The Morgan fingerprint density at radius 3 is 3.12 bits per heavy atom. The Kier molecular flexibility index (Phi) is 4.76. The molecule has 0 aromatic carbocycles. The number of hydrogen-bond donors (Lipinski definition) is 2. The lowest BCUT2D eigenvalue weighted by Gasteiger charge is -2.22. The highest BCUT2D eigenvalue weighted by Crippen LogP contribution is 2.09. The zero-order chi connectivity index (χ0) is 11.9. The predicted octanol–water partition coefficient (Wildman–Crippen LogP) is 1.18. The van der Waals surface area contributed by atoms with E-state index in [-0.39, 0.29) is 0 Å². The zero-order valence-electron chi connectivity index (χ0n) is 10.4. The van der Waals surface area contributed by atoms with Crippen molar-refractivity contribution in [2.24, 2.45) is 5.92 Å². The first-order valence-electron chi connectivity index (χ1n) is 6.29. The normalized spacial score (nSPS) is 20.2. The van der Waals surface area contributed by atoms with Crippen LogP contribution in [-0.4, -0.2) is 31.7 Å². The number of ether oxygens (including phenoxy) is 1. The Hall–Kier alpha value is -1.13. The summed E-state index contributed by atoms with van der Waals surface area (Å²) in [4.78, 5) is 4.19. The van der Waals surface area contributed by atoms with Gasteiger partial charge in [0, 0.05) is 18.8 Å². The van der Waals surface area contributed by atoms with Crippen molar-refractivity contribution in [3.63, 3.8) is 0 Å². The third-order valence-corrected chi connectivity index (χ3v) is 3.17. The lowest BCUT2D eigenvalue weighted by Crippen LogP contribution is -2.35. The molecule has 2 heterocycles. The number of pyridine rings is 1.